The van der Waals surface area contributed by atoms with Crippen LogP contribution in [0.4, 0.5) is 5.69 Å². The van der Waals surface area contributed by atoms with E-state index in [4.69, 9.17) is 5.73 Å². The Bertz CT molecular complexity index is 986. The summed E-state index contributed by atoms with van der Waals surface area (Å²) in [7, 11) is 0. The van der Waals surface area contributed by atoms with Crippen LogP contribution >= 0.6 is 15.9 Å². The van der Waals surface area contributed by atoms with Crippen LogP contribution in [-0.4, -0.2) is 14.5 Å². The van der Waals surface area contributed by atoms with Gasteiger partial charge in [0.25, 0.3) is 0 Å². The Hall–Kier alpha value is -2.66. The van der Waals surface area contributed by atoms with Crippen molar-refractivity contribution in [3.8, 4) is 0 Å². The molecule has 2 N–H and O–H groups in total. The molecule has 124 valence electrons. The van der Waals surface area contributed by atoms with Gasteiger partial charge in [0.05, 0.1) is 16.9 Å². The molecule has 0 aliphatic heterocycles. The van der Waals surface area contributed by atoms with Gasteiger partial charge in [0.2, 0.25) is 0 Å². The lowest BCUT2D eigenvalue weighted by Crippen LogP contribution is -2.34. The summed E-state index contributed by atoms with van der Waals surface area (Å²) in [6, 6.07) is 17.9. The lowest BCUT2D eigenvalue weighted by Gasteiger charge is -2.31. The van der Waals surface area contributed by atoms with E-state index in [9.17, 15) is 0 Å². The third kappa shape index (κ3) is 2.51. The molecular weight excluding hydrogens is 376 g/mol. The first-order valence-corrected chi connectivity index (χ1v) is 8.79. The maximum atomic E-state index is 6.22. The number of anilines is 1. The van der Waals surface area contributed by atoms with Gasteiger partial charge in [0.1, 0.15) is 5.54 Å². The third-order valence-corrected chi connectivity index (χ3v) is 5.07. The van der Waals surface area contributed by atoms with E-state index in [2.05, 4.69) is 49.7 Å². The predicted molar refractivity (Wildman–Crippen MR) is 104 cm³/mol. The topological polar surface area (TPSA) is 56.7 Å². The molecule has 3 heterocycles. The molecule has 4 rings (SSSR count). The molecule has 0 saturated heterocycles. The van der Waals surface area contributed by atoms with Crippen molar-refractivity contribution in [1.82, 2.24) is 14.5 Å². The first kappa shape index (κ1) is 15.8. The standard InChI is InChI=1S/C20H17BrN4/c1-20(18-6-2-4-9-23-18,19-7-3-5-10-24-19)25-11-8-15-16(22)12-14(21)13-17(15)25/h2-13H,22H2,1H3. The lowest BCUT2D eigenvalue weighted by molar-refractivity contribution is 0.463. The van der Waals surface area contributed by atoms with Gasteiger partial charge in [-0.15, -0.1) is 0 Å². The molecule has 0 bridgehead atoms. The molecule has 1 aromatic carbocycles. The second-order valence-electron chi connectivity index (χ2n) is 6.12. The van der Waals surface area contributed by atoms with Gasteiger partial charge in [0, 0.05) is 34.1 Å². The summed E-state index contributed by atoms with van der Waals surface area (Å²) in [4.78, 5) is 9.26. The molecule has 0 fully saturated rings. The van der Waals surface area contributed by atoms with Crippen LogP contribution in [-0.2, 0) is 5.54 Å². The van der Waals surface area contributed by atoms with E-state index in [0.717, 1.165) is 32.5 Å². The van der Waals surface area contributed by atoms with E-state index in [1.54, 1.807) is 0 Å². The van der Waals surface area contributed by atoms with Crippen molar-refractivity contribution in [3.63, 3.8) is 0 Å². The molecule has 0 atom stereocenters. The van der Waals surface area contributed by atoms with E-state index in [1.807, 2.05) is 60.9 Å². The first-order valence-electron chi connectivity index (χ1n) is 8.00. The van der Waals surface area contributed by atoms with Crippen LogP contribution in [0.2, 0.25) is 0 Å². The van der Waals surface area contributed by atoms with E-state index in [0.29, 0.717) is 0 Å². The van der Waals surface area contributed by atoms with E-state index in [1.165, 1.54) is 0 Å². The number of halogens is 1. The van der Waals surface area contributed by atoms with Crippen molar-refractivity contribution < 1.29 is 0 Å². The number of aromatic nitrogens is 3. The molecule has 25 heavy (non-hydrogen) atoms. The van der Waals surface area contributed by atoms with Gasteiger partial charge in [-0.25, -0.2) is 0 Å². The minimum atomic E-state index is -0.558. The molecule has 0 amide bonds. The summed E-state index contributed by atoms with van der Waals surface area (Å²) >= 11 is 3.56. The van der Waals surface area contributed by atoms with Crippen LogP contribution in [0.3, 0.4) is 0 Å². The fourth-order valence-electron chi connectivity index (χ4n) is 3.30. The molecule has 0 spiro atoms. The quantitative estimate of drug-likeness (QED) is 0.518. The maximum Gasteiger partial charge on any atom is 0.126 e. The van der Waals surface area contributed by atoms with Crippen molar-refractivity contribution in [2.24, 2.45) is 0 Å². The zero-order valence-electron chi connectivity index (χ0n) is 13.7. The molecule has 0 aliphatic rings. The highest BCUT2D eigenvalue weighted by atomic mass is 79.9. The number of nitrogens with two attached hydrogens (primary N) is 1. The number of hydrogen-bond donors (Lipinski definition) is 1. The van der Waals surface area contributed by atoms with Gasteiger partial charge in [-0.1, -0.05) is 28.1 Å². The number of rotatable bonds is 3. The summed E-state index contributed by atoms with van der Waals surface area (Å²) in [5.74, 6) is 0. The third-order valence-electron chi connectivity index (χ3n) is 4.61. The van der Waals surface area contributed by atoms with Crippen LogP contribution in [0.1, 0.15) is 18.3 Å². The molecule has 0 aliphatic carbocycles. The fourth-order valence-corrected chi connectivity index (χ4v) is 3.77. The molecule has 0 unspecified atom stereocenters. The summed E-state index contributed by atoms with van der Waals surface area (Å²) < 4.78 is 3.13. The second-order valence-corrected chi connectivity index (χ2v) is 7.03. The number of fused-ring (bicyclic) bond motifs is 1. The smallest absolute Gasteiger partial charge is 0.126 e. The largest absolute Gasteiger partial charge is 0.398 e. The summed E-state index contributed by atoms with van der Waals surface area (Å²) in [5, 5.41) is 1.02. The van der Waals surface area contributed by atoms with Crippen LogP contribution < -0.4 is 5.73 Å². The maximum absolute atomic E-state index is 6.22. The predicted octanol–water partition coefficient (Wildman–Crippen LogP) is 4.59. The van der Waals surface area contributed by atoms with Crippen molar-refractivity contribution >= 4 is 32.5 Å². The van der Waals surface area contributed by atoms with E-state index < -0.39 is 5.54 Å². The highest BCUT2D eigenvalue weighted by molar-refractivity contribution is 9.10. The summed E-state index contributed by atoms with van der Waals surface area (Å²) in [6.45, 7) is 2.13. The van der Waals surface area contributed by atoms with Gasteiger partial charge in [-0.05, 0) is 49.4 Å². The molecule has 4 nitrogen and oxygen atoms in total. The Morgan fingerprint density at radius 3 is 2.16 bits per heavy atom. The number of nitrogens with zero attached hydrogens (tertiary/aromatic N) is 3. The zero-order chi connectivity index (χ0) is 17.4. The van der Waals surface area contributed by atoms with Gasteiger partial charge >= 0.3 is 0 Å². The van der Waals surface area contributed by atoms with Gasteiger partial charge in [0.15, 0.2) is 0 Å². The average molecular weight is 393 g/mol. The van der Waals surface area contributed by atoms with Crippen molar-refractivity contribution in [2.75, 3.05) is 5.73 Å². The molecule has 0 radical (unpaired) electrons. The van der Waals surface area contributed by atoms with Crippen LogP contribution in [0.15, 0.2) is 77.7 Å². The van der Waals surface area contributed by atoms with E-state index >= 15 is 0 Å². The highest BCUT2D eigenvalue weighted by Crippen LogP contribution is 2.37. The fraction of sp³-hybridized carbons (Fsp3) is 0.100. The Balaban J connectivity index is 2.07. The SMILES string of the molecule is CC(c1ccccn1)(c1ccccn1)n1ccc2c(N)cc(Br)cc21. The van der Waals surface area contributed by atoms with Crippen LogP contribution in [0, 0.1) is 0 Å². The average Bonchev–Trinajstić information content (AvgIpc) is 3.07. The summed E-state index contributed by atoms with van der Waals surface area (Å²) in [6.07, 6.45) is 5.68. The lowest BCUT2D eigenvalue weighted by atomic mass is 9.91. The van der Waals surface area contributed by atoms with E-state index in [-0.39, 0.29) is 0 Å². The zero-order valence-corrected chi connectivity index (χ0v) is 15.3. The van der Waals surface area contributed by atoms with Crippen molar-refractivity contribution in [3.05, 3.63) is 89.0 Å². The Morgan fingerprint density at radius 2 is 1.60 bits per heavy atom. The van der Waals surface area contributed by atoms with Gasteiger partial charge in [-0.2, -0.15) is 0 Å². The van der Waals surface area contributed by atoms with Crippen molar-refractivity contribution in [2.45, 2.75) is 12.5 Å². The number of benzene rings is 1. The summed E-state index contributed by atoms with van der Waals surface area (Å²) in [5.41, 5.74) is 9.28. The molecule has 3 aromatic heterocycles. The number of hydrogen-bond acceptors (Lipinski definition) is 3. The van der Waals surface area contributed by atoms with Crippen LogP contribution in [0.5, 0.6) is 0 Å². The minimum Gasteiger partial charge on any atom is -0.398 e. The Labute approximate surface area is 154 Å². The highest BCUT2D eigenvalue weighted by Gasteiger charge is 2.34. The minimum absolute atomic E-state index is 0.558. The number of pyridine rings is 2. The van der Waals surface area contributed by atoms with Gasteiger partial charge < -0.3 is 10.3 Å². The Morgan fingerprint density at radius 1 is 0.960 bits per heavy atom. The molecule has 0 saturated carbocycles. The van der Waals surface area contributed by atoms with Crippen molar-refractivity contribution in [1.29, 1.82) is 0 Å². The second kappa shape index (κ2) is 6.01. The Kier molecular flexibility index (Phi) is 3.81. The first-order chi connectivity index (χ1) is 12.1. The molecule has 5 heteroatoms. The van der Waals surface area contributed by atoms with Crippen LogP contribution in [0.25, 0.3) is 10.9 Å². The monoisotopic (exact) mass is 392 g/mol. The van der Waals surface area contributed by atoms with Gasteiger partial charge in [-0.3, -0.25) is 9.97 Å². The molecule has 4 aromatic rings. The number of nitrogen functional groups attached to an aromatic ring is 1. The molecular formula is C20H17BrN4. The normalized spacial score (nSPS) is 11.8.